The van der Waals surface area contributed by atoms with E-state index in [0.29, 0.717) is 5.92 Å². The predicted octanol–water partition coefficient (Wildman–Crippen LogP) is 3.75. The van der Waals surface area contributed by atoms with E-state index in [0.717, 1.165) is 22.2 Å². The molecule has 1 aromatic rings. The van der Waals surface area contributed by atoms with Crippen molar-refractivity contribution in [1.82, 2.24) is 4.98 Å². The van der Waals surface area contributed by atoms with Gasteiger partial charge in [0.25, 0.3) is 0 Å². The normalized spacial score (nSPS) is 12.8. The van der Waals surface area contributed by atoms with Gasteiger partial charge in [0.1, 0.15) is 0 Å². The van der Waals surface area contributed by atoms with Crippen LogP contribution in [0.5, 0.6) is 0 Å². The van der Waals surface area contributed by atoms with Gasteiger partial charge < -0.3 is 0 Å². The minimum Gasteiger partial charge on any atom is -0.247 e. The molecule has 0 aliphatic heterocycles. The Balaban J connectivity index is 2.57. The lowest BCUT2D eigenvalue weighted by atomic mass is 10.2. The molecule has 0 saturated heterocycles. The van der Waals surface area contributed by atoms with Crippen molar-refractivity contribution < 1.29 is 0 Å². The molecule has 15 heavy (non-hydrogen) atoms. The molecule has 0 fully saturated rings. The minimum atomic E-state index is 0.695. The van der Waals surface area contributed by atoms with Gasteiger partial charge in [-0.1, -0.05) is 13.3 Å². The molecular weight excluding hydrogens is 222 g/mol. The molecule has 0 aliphatic rings. The second kappa shape index (κ2) is 6.44. The topological polar surface area (TPSA) is 12.9 Å². The Kier molecular flexibility index (Phi) is 5.54. The number of thiol groups is 1. The van der Waals surface area contributed by atoms with Gasteiger partial charge in [-0.05, 0) is 43.2 Å². The van der Waals surface area contributed by atoms with Gasteiger partial charge in [-0.25, -0.2) is 4.98 Å². The van der Waals surface area contributed by atoms with Crippen molar-refractivity contribution in [3.05, 3.63) is 23.4 Å². The third-order valence-electron chi connectivity index (χ3n) is 2.38. The van der Waals surface area contributed by atoms with E-state index >= 15 is 0 Å². The quantitative estimate of drug-likeness (QED) is 0.623. The van der Waals surface area contributed by atoms with Crippen LogP contribution < -0.4 is 0 Å². The van der Waals surface area contributed by atoms with Crippen molar-refractivity contribution in [2.24, 2.45) is 5.92 Å². The highest BCUT2D eigenvalue weighted by atomic mass is 32.2. The molecule has 1 nitrogen and oxygen atoms in total. The van der Waals surface area contributed by atoms with Crippen molar-refractivity contribution in [3.63, 3.8) is 0 Å². The molecule has 0 amide bonds. The van der Waals surface area contributed by atoms with Gasteiger partial charge in [0.05, 0.1) is 5.03 Å². The fourth-order valence-corrected chi connectivity index (χ4v) is 3.18. The van der Waals surface area contributed by atoms with Crippen LogP contribution in [0, 0.1) is 19.8 Å². The van der Waals surface area contributed by atoms with E-state index < -0.39 is 0 Å². The second-order valence-corrected chi connectivity index (χ2v) is 5.30. The van der Waals surface area contributed by atoms with Crippen molar-refractivity contribution in [2.45, 2.75) is 32.2 Å². The highest BCUT2D eigenvalue weighted by molar-refractivity contribution is 7.99. The first-order chi connectivity index (χ1) is 7.15. The Morgan fingerprint density at radius 2 is 2.13 bits per heavy atom. The van der Waals surface area contributed by atoms with Gasteiger partial charge in [-0.2, -0.15) is 12.6 Å². The van der Waals surface area contributed by atoms with E-state index in [1.807, 2.05) is 18.7 Å². The summed E-state index contributed by atoms with van der Waals surface area (Å²) in [5, 5.41) is 1.15. The zero-order valence-electron chi connectivity index (χ0n) is 9.66. The molecule has 1 atom stereocenters. The smallest absolute Gasteiger partial charge is 0.0965 e. The monoisotopic (exact) mass is 241 g/mol. The lowest BCUT2D eigenvalue weighted by Crippen LogP contribution is -2.04. The summed E-state index contributed by atoms with van der Waals surface area (Å²) in [7, 11) is 0. The molecule has 0 radical (unpaired) electrons. The summed E-state index contributed by atoms with van der Waals surface area (Å²) in [4.78, 5) is 4.51. The van der Waals surface area contributed by atoms with Gasteiger partial charge in [-0.3, -0.25) is 0 Å². The fourth-order valence-electron chi connectivity index (χ4n) is 1.38. The van der Waals surface area contributed by atoms with Gasteiger partial charge in [0.15, 0.2) is 0 Å². The zero-order chi connectivity index (χ0) is 11.3. The Morgan fingerprint density at radius 1 is 1.40 bits per heavy atom. The molecule has 84 valence electrons. The third-order valence-corrected chi connectivity index (χ3v) is 4.04. The first kappa shape index (κ1) is 12.9. The average molecular weight is 241 g/mol. The number of hydrogen-bond donors (Lipinski definition) is 1. The molecular formula is C12H19NS2. The van der Waals surface area contributed by atoms with Crippen molar-refractivity contribution in [2.75, 3.05) is 11.5 Å². The third kappa shape index (κ3) is 4.47. The minimum absolute atomic E-state index is 0.695. The maximum Gasteiger partial charge on any atom is 0.0965 e. The molecule has 0 aromatic carbocycles. The van der Waals surface area contributed by atoms with E-state index in [-0.39, 0.29) is 0 Å². The predicted molar refractivity (Wildman–Crippen MR) is 72.1 cm³/mol. The molecule has 3 heteroatoms. The summed E-state index contributed by atoms with van der Waals surface area (Å²) in [5.41, 5.74) is 2.40. The molecule has 0 bridgehead atoms. The molecule has 1 heterocycles. The molecule has 0 aliphatic carbocycles. The Hall–Kier alpha value is -0.150. The lowest BCUT2D eigenvalue weighted by Gasteiger charge is -2.11. The summed E-state index contributed by atoms with van der Waals surface area (Å²) in [6, 6.07) is 4.27. The fraction of sp³-hybridized carbons (Fsp3) is 0.583. The van der Waals surface area contributed by atoms with Gasteiger partial charge in [0.2, 0.25) is 0 Å². The zero-order valence-corrected chi connectivity index (χ0v) is 11.4. The van der Waals surface area contributed by atoms with Gasteiger partial charge in [0, 0.05) is 11.4 Å². The van der Waals surface area contributed by atoms with Crippen LogP contribution in [-0.2, 0) is 0 Å². The van der Waals surface area contributed by atoms with Crippen LogP contribution in [0.3, 0.4) is 0 Å². The summed E-state index contributed by atoms with van der Waals surface area (Å²) < 4.78 is 0. The van der Waals surface area contributed by atoms with Crippen molar-refractivity contribution in [1.29, 1.82) is 0 Å². The van der Waals surface area contributed by atoms with Crippen molar-refractivity contribution >= 4 is 24.4 Å². The number of thioether (sulfide) groups is 1. The van der Waals surface area contributed by atoms with Gasteiger partial charge >= 0.3 is 0 Å². The maximum atomic E-state index is 4.51. The van der Waals surface area contributed by atoms with Crippen LogP contribution in [0.15, 0.2) is 17.2 Å². The van der Waals surface area contributed by atoms with E-state index in [1.165, 1.54) is 12.0 Å². The summed E-state index contributed by atoms with van der Waals surface area (Å²) in [6.07, 6.45) is 1.20. The number of hydrogen-bond acceptors (Lipinski definition) is 3. The molecule has 0 N–H and O–H groups in total. The highest BCUT2D eigenvalue weighted by Crippen LogP contribution is 2.22. The van der Waals surface area contributed by atoms with E-state index in [2.05, 4.69) is 43.6 Å². The van der Waals surface area contributed by atoms with E-state index in [9.17, 15) is 0 Å². The molecule has 0 spiro atoms. The number of rotatable bonds is 5. The Morgan fingerprint density at radius 3 is 2.67 bits per heavy atom. The number of nitrogens with zero attached hydrogens (tertiary/aromatic N) is 1. The summed E-state index contributed by atoms with van der Waals surface area (Å²) in [5.74, 6) is 2.78. The SMILES string of the molecule is CCC(CS)CSc1cc(C)cc(C)n1. The molecule has 0 saturated carbocycles. The van der Waals surface area contributed by atoms with Crippen LogP contribution in [0.2, 0.25) is 0 Å². The molecule has 1 aromatic heterocycles. The maximum absolute atomic E-state index is 4.51. The average Bonchev–Trinajstić information content (AvgIpc) is 2.18. The largest absolute Gasteiger partial charge is 0.247 e. The number of aromatic nitrogens is 1. The number of aryl methyl sites for hydroxylation is 2. The van der Waals surface area contributed by atoms with Crippen molar-refractivity contribution in [3.8, 4) is 0 Å². The van der Waals surface area contributed by atoms with Crippen LogP contribution >= 0.6 is 24.4 Å². The number of pyridine rings is 1. The highest BCUT2D eigenvalue weighted by Gasteiger charge is 2.06. The van der Waals surface area contributed by atoms with Crippen LogP contribution in [0.4, 0.5) is 0 Å². The van der Waals surface area contributed by atoms with Crippen LogP contribution in [-0.4, -0.2) is 16.5 Å². The lowest BCUT2D eigenvalue weighted by molar-refractivity contribution is 0.649. The second-order valence-electron chi connectivity index (χ2n) is 3.89. The summed E-state index contributed by atoms with van der Waals surface area (Å²) in [6.45, 7) is 6.39. The molecule has 1 unspecified atom stereocenters. The first-order valence-electron chi connectivity index (χ1n) is 5.34. The standard InChI is InChI=1S/C12H19NS2/c1-4-11(7-14)8-15-12-6-9(2)5-10(3)13-12/h5-6,11,14H,4,7-8H2,1-3H3. The summed E-state index contributed by atoms with van der Waals surface area (Å²) >= 11 is 6.19. The Bertz CT molecular complexity index is 288. The Labute approximate surface area is 102 Å². The van der Waals surface area contributed by atoms with Crippen LogP contribution in [0.25, 0.3) is 0 Å². The van der Waals surface area contributed by atoms with E-state index in [4.69, 9.17) is 0 Å². The molecule has 1 rings (SSSR count). The van der Waals surface area contributed by atoms with Gasteiger partial charge in [-0.15, -0.1) is 11.8 Å². The van der Waals surface area contributed by atoms with E-state index in [1.54, 1.807) is 0 Å². The van der Waals surface area contributed by atoms with Crippen LogP contribution in [0.1, 0.15) is 24.6 Å². The first-order valence-corrected chi connectivity index (χ1v) is 6.96.